The van der Waals surface area contributed by atoms with Crippen LogP contribution in [0.4, 0.5) is 0 Å². The molecular formula is C11H14. The first-order valence-electron chi connectivity index (χ1n) is 3.96. The van der Waals surface area contributed by atoms with Crippen LogP contribution in [-0.2, 0) is 0 Å². The van der Waals surface area contributed by atoms with Gasteiger partial charge in [0.05, 0.1) is 0 Å². The third-order valence-electron chi connectivity index (χ3n) is 1.58. The smallest absolute Gasteiger partial charge is 0.0141 e. The summed E-state index contributed by atoms with van der Waals surface area (Å²) in [4.78, 5) is 0. The normalized spacial score (nSPS) is 15.9. The van der Waals surface area contributed by atoms with Crippen LogP contribution in [0.25, 0.3) is 0 Å². The van der Waals surface area contributed by atoms with Gasteiger partial charge in [-0.05, 0) is 25.3 Å². The molecule has 58 valence electrons. The zero-order valence-corrected chi connectivity index (χ0v) is 7.01. The van der Waals surface area contributed by atoms with Gasteiger partial charge in [-0.15, -0.1) is 0 Å². The van der Waals surface area contributed by atoms with Crippen molar-refractivity contribution in [3.8, 4) is 0 Å². The molecule has 0 amide bonds. The predicted molar refractivity (Wildman–Crippen MR) is 50.4 cm³/mol. The largest absolute Gasteiger partial charge is 0.0998 e. The van der Waals surface area contributed by atoms with E-state index in [2.05, 4.69) is 37.0 Å². The van der Waals surface area contributed by atoms with Crippen LogP contribution in [0, 0.1) is 0 Å². The van der Waals surface area contributed by atoms with Crippen molar-refractivity contribution in [2.45, 2.75) is 19.8 Å². The summed E-state index contributed by atoms with van der Waals surface area (Å²) in [6.07, 6.45) is 12.9. The molecule has 1 rings (SSSR count). The van der Waals surface area contributed by atoms with E-state index in [9.17, 15) is 0 Å². The Bertz CT molecular complexity index is 226. The average molecular weight is 146 g/mol. The summed E-state index contributed by atoms with van der Waals surface area (Å²) >= 11 is 0. The number of hydrogen-bond acceptors (Lipinski definition) is 0. The third-order valence-corrected chi connectivity index (χ3v) is 1.58. The minimum Gasteiger partial charge on any atom is -0.0998 e. The second-order valence-corrected chi connectivity index (χ2v) is 2.91. The molecule has 0 saturated heterocycles. The Morgan fingerprint density at radius 3 is 3.09 bits per heavy atom. The monoisotopic (exact) mass is 146 g/mol. The van der Waals surface area contributed by atoms with E-state index in [1.807, 2.05) is 6.92 Å². The first-order valence-corrected chi connectivity index (χ1v) is 3.96. The molecule has 0 atom stereocenters. The van der Waals surface area contributed by atoms with Gasteiger partial charge in [0.25, 0.3) is 0 Å². The minimum absolute atomic E-state index is 0.991. The molecule has 0 fully saturated rings. The number of allylic oxidation sites excluding steroid dienone is 7. The predicted octanol–water partition coefficient (Wildman–Crippen LogP) is 3.40. The quantitative estimate of drug-likeness (QED) is 0.535. The van der Waals surface area contributed by atoms with E-state index in [4.69, 9.17) is 0 Å². The van der Waals surface area contributed by atoms with Crippen molar-refractivity contribution in [3.63, 3.8) is 0 Å². The fraction of sp³-hybridized carbons (Fsp3) is 0.273. The Balaban J connectivity index is 2.35. The van der Waals surface area contributed by atoms with Gasteiger partial charge in [0.15, 0.2) is 0 Å². The van der Waals surface area contributed by atoms with Crippen molar-refractivity contribution in [2.24, 2.45) is 0 Å². The molecule has 0 aromatic heterocycles. The van der Waals surface area contributed by atoms with Crippen molar-refractivity contribution in [1.82, 2.24) is 0 Å². The molecule has 0 nitrogen and oxygen atoms in total. The number of hydrogen-bond donors (Lipinski definition) is 0. The van der Waals surface area contributed by atoms with Gasteiger partial charge in [0, 0.05) is 0 Å². The van der Waals surface area contributed by atoms with E-state index in [1.54, 1.807) is 0 Å². The van der Waals surface area contributed by atoms with Crippen molar-refractivity contribution >= 4 is 0 Å². The summed E-state index contributed by atoms with van der Waals surface area (Å²) in [5.41, 5.74) is 2.54. The molecule has 0 aromatic rings. The Labute approximate surface area is 68.6 Å². The van der Waals surface area contributed by atoms with Crippen LogP contribution in [0.5, 0.6) is 0 Å². The second kappa shape index (κ2) is 3.97. The summed E-state index contributed by atoms with van der Waals surface area (Å²) in [5, 5.41) is 0. The second-order valence-electron chi connectivity index (χ2n) is 2.91. The van der Waals surface area contributed by atoms with Gasteiger partial charge in [-0.25, -0.2) is 0 Å². The van der Waals surface area contributed by atoms with E-state index >= 15 is 0 Å². The Morgan fingerprint density at radius 1 is 1.73 bits per heavy atom. The highest BCUT2D eigenvalue weighted by Gasteiger charge is 1.90. The SMILES string of the molecule is C=C(C)C/C=C/C1=CCC=C1. The summed E-state index contributed by atoms with van der Waals surface area (Å²) in [6.45, 7) is 5.88. The van der Waals surface area contributed by atoms with Crippen LogP contribution in [-0.4, -0.2) is 0 Å². The highest BCUT2D eigenvalue weighted by molar-refractivity contribution is 5.35. The molecule has 0 aromatic carbocycles. The van der Waals surface area contributed by atoms with Crippen LogP contribution in [0.3, 0.4) is 0 Å². The maximum Gasteiger partial charge on any atom is -0.0141 e. The van der Waals surface area contributed by atoms with Gasteiger partial charge in [-0.3, -0.25) is 0 Å². The third kappa shape index (κ3) is 3.03. The Kier molecular flexibility index (Phi) is 2.91. The zero-order valence-electron chi connectivity index (χ0n) is 7.01. The van der Waals surface area contributed by atoms with Crippen LogP contribution in [0.15, 0.2) is 48.1 Å². The Morgan fingerprint density at radius 2 is 2.55 bits per heavy atom. The van der Waals surface area contributed by atoms with Crippen molar-refractivity contribution in [3.05, 3.63) is 48.1 Å². The molecule has 0 bridgehead atoms. The van der Waals surface area contributed by atoms with E-state index in [0.717, 1.165) is 12.8 Å². The average Bonchev–Trinajstić information content (AvgIpc) is 2.39. The zero-order chi connectivity index (χ0) is 8.10. The topological polar surface area (TPSA) is 0 Å². The lowest BCUT2D eigenvalue weighted by Gasteiger charge is -1.89. The maximum absolute atomic E-state index is 3.83. The van der Waals surface area contributed by atoms with Gasteiger partial charge in [-0.1, -0.05) is 42.5 Å². The fourth-order valence-electron chi connectivity index (χ4n) is 0.996. The Hall–Kier alpha value is -1.04. The molecule has 0 spiro atoms. The molecule has 0 aliphatic heterocycles. The number of rotatable bonds is 3. The fourth-order valence-corrected chi connectivity index (χ4v) is 0.996. The first-order chi connectivity index (χ1) is 5.29. The maximum atomic E-state index is 3.83. The van der Waals surface area contributed by atoms with Crippen LogP contribution < -0.4 is 0 Å². The van der Waals surface area contributed by atoms with Gasteiger partial charge in [0.2, 0.25) is 0 Å². The van der Waals surface area contributed by atoms with Crippen LogP contribution in [0.1, 0.15) is 19.8 Å². The lowest BCUT2D eigenvalue weighted by molar-refractivity contribution is 1.22. The van der Waals surface area contributed by atoms with Crippen LogP contribution >= 0.6 is 0 Å². The summed E-state index contributed by atoms with van der Waals surface area (Å²) < 4.78 is 0. The molecule has 0 radical (unpaired) electrons. The first kappa shape index (κ1) is 8.06. The molecule has 1 aliphatic rings. The molecule has 1 aliphatic carbocycles. The van der Waals surface area contributed by atoms with Gasteiger partial charge in [0.1, 0.15) is 0 Å². The molecule has 0 heteroatoms. The van der Waals surface area contributed by atoms with Gasteiger partial charge >= 0.3 is 0 Å². The lowest BCUT2D eigenvalue weighted by atomic mass is 10.2. The van der Waals surface area contributed by atoms with Gasteiger partial charge in [-0.2, -0.15) is 0 Å². The van der Waals surface area contributed by atoms with Crippen molar-refractivity contribution < 1.29 is 0 Å². The molecule has 0 N–H and O–H groups in total. The van der Waals surface area contributed by atoms with E-state index in [-0.39, 0.29) is 0 Å². The lowest BCUT2D eigenvalue weighted by Crippen LogP contribution is -1.69. The molecule has 0 saturated carbocycles. The van der Waals surface area contributed by atoms with Gasteiger partial charge < -0.3 is 0 Å². The highest BCUT2D eigenvalue weighted by Crippen LogP contribution is 2.10. The van der Waals surface area contributed by atoms with E-state index < -0.39 is 0 Å². The molecule has 0 unspecified atom stereocenters. The minimum atomic E-state index is 0.991. The summed E-state index contributed by atoms with van der Waals surface area (Å²) in [7, 11) is 0. The van der Waals surface area contributed by atoms with Crippen molar-refractivity contribution in [1.29, 1.82) is 0 Å². The van der Waals surface area contributed by atoms with E-state index in [1.165, 1.54) is 11.1 Å². The molecular weight excluding hydrogens is 132 g/mol. The molecule has 11 heavy (non-hydrogen) atoms. The highest BCUT2D eigenvalue weighted by atomic mass is 14.0. The molecule has 0 heterocycles. The summed E-state index contributed by atoms with van der Waals surface area (Å²) in [6, 6.07) is 0. The van der Waals surface area contributed by atoms with Crippen LogP contribution in [0.2, 0.25) is 0 Å². The summed E-state index contributed by atoms with van der Waals surface area (Å²) in [5.74, 6) is 0. The standard InChI is InChI=1S/C11H14/c1-10(2)6-5-9-11-7-3-4-8-11/h3,5,7-9H,1,4,6H2,2H3/b9-5+. The van der Waals surface area contributed by atoms with Crippen molar-refractivity contribution in [2.75, 3.05) is 0 Å². The van der Waals surface area contributed by atoms with E-state index in [0.29, 0.717) is 0 Å².